The van der Waals surface area contributed by atoms with E-state index in [4.69, 9.17) is 0 Å². The molecular weight excluding hydrogens is 260 g/mol. The molecule has 2 aromatic rings. The summed E-state index contributed by atoms with van der Waals surface area (Å²) >= 11 is 0. The highest BCUT2D eigenvalue weighted by molar-refractivity contribution is 6.13. The van der Waals surface area contributed by atoms with Crippen LogP contribution in [0, 0.1) is 6.92 Å². The van der Waals surface area contributed by atoms with Crippen LogP contribution in [0.2, 0.25) is 0 Å². The molecule has 0 aliphatic carbocycles. The van der Waals surface area contributed by atoms with E-state index in [2.05, 4.69) is 19.2 Å². The van der Waals surface area contributed by atoms with Crippen LogP contribution < -0.4 is 10.2 Å². The van der Waals surface area contributed by atoms with Crippen LogP contribution in [0.1, 0.15) is 36.2 Å². The van der Waals surface area contributed by atoms with Gasteiger partial charge < -0.3 is 5.32 Å². The van der Waals surface area contributed by atoms with E-state index in [9.17, 15) is 4.79 Å². The Bertz CT molecular complexity index is 695. The topological polar surface area (TPSA) is 32.3 Å². The Balaban J connectivity index is 2.19. The average Bonchev–Trinajstić information content (AvgIpc) is 2.49. The Hall–Kier alpha value is -2.29. The molecule has 0 radical (unpaired) electrons. The number of para-hydroxylation sites is 2. The molecule has 3 rings (SSSR count). The molecule has 0 bridgehead atoms. The van der Waals surface area contributed by atoms with Gasteiger partial charge in [-0.15, -0.1) is 0 Å². The molecule has 0 spiro atoms. The summed E-state index contributed by atoms with van der Waals surface area (Å²) in [5.74, 6) is 0.0583. The predicted molar refractivity (Wildman–Crippen MR) is 86.7 cm³/mol. The molecule has 0 aromatic heterocycles. The third-order valence-corrected chi connectivity index (χ3v) is 4.30. The highest BCUT2D eigenvalue weighted by Gasteiger charge is 2.41. The summed E-state index contributed by atoms with van der Waals surface area (Å²) in [5, 5.41) is 3.53. The molecule has 108 valence electrons. The largest absolute Gasteiger partial charge is 0.362 e. The molecule has 1 aliphatic heterocycles. The third kappa shape index (κ3) is 2.09. The van der Waals surface area contributed by atoms with Gasteiger partial charge in [0.25, 0.3) is 5.91 Å². The average molecular weight is 280 g/mol. The Kier molecular flexibility index (Phi) is 3.20. The fourth-order valence-corrected chi connectivity index (χ4v) is 2.91. The number of hydrogen-bond acceptors (Lipinski definition) is 2. The van der Waals surface area contributed by atoms with E-state index >= 15 is 0 Å². The standard InChI is InChI=1S/C18H20N2O/c1-4-18(3)19-15-11-7-6-10-14(15)17(21)20(18)16-12-8-5-9-13(16)2/h5-12,19H,4H2,1-3H3. The second kappa shape index (κ2) is 4.92. The van der Waals surface area contributed by atoms with Gasteiger partial charge in [-0.05, 0) is 44.0 Å². The maximum Gasteiger partial charge on any atom is 0.262 e. The second-order valence-electron chi connectivity index (χ2n) is 5.73. The zero-order valence-electron chi connectivity index (χ0n) is 12.7. The van der Waals surface area contributed by atoms with Gasteiger partial charge in [-0.1, -0.05) is 37.3 Å². The summed E-state index contributed by atoms with van der Waals surface area (Å²) in [6.45, 7) is 6.21. The molecular formula is C18H20N2O. The van der Waals surface area contributed by atoms with Crippen LogP contribution in [-0.2, 0) is 0 Å². The quantitative estimate of drug-likeness (QED) is 0.894. The van der Waals surface area contributed by atoms with Gasteiger partial charge in [-0.25, -0.2) is 0 Å². The summed E-state index contributed by atoms with van der Waals surface area (Å²) in [6, 6.07) is 15.7. The Labute approximate surface area is 125 Å². The number of carbonyl (C=O) groups is 1. The van der Waals surface area contributed by atoms with Crippen LogP contribution in [0.4, 0.5) is 11.4 Å². The number of fused-ring (bicyclic) bond motifs is 1. The number of carbonyl (C=O) groups excluding carboxylic acids is 1. The maximum atomic E-state index is 13.0. The van der Waals surface area contributed by atoms with Crippen LogP contribution in [0.25, 0.3) is 0 Å². The number of benzene rings is 2. The van der Waals surface area contributed by atoms with Gasteiger partial charge >= 0.3 is 0 Å². The van der Waals surface area contributed by atoms with Crippen molar-refractivity contribution in [3.63, 3.8) is 0 Å². The van der Waals surface area contributed by atoms with Gasteiger partial charge in [0.15, 0.2) is 0 Å². The molecule has 0 fully saturated rings. The van der Waals surface area contributed by atoms with Crippen molar-refractivity contribution >= 4 is 17.3 Å². The van der Waals surface area contributed by atoms with Crippen molar-refractivity contribution in [3.8, 4) is 0 Å². The maximum absolute atomic E-state index is 13.0. The van der Waals surface area contributed by atoms with E-state index in [1.165, 1.54) is 0 Å². The molecule has 1 unspecified atom stereocenters. The molecule has 3 nitrogen and oxygen atoms in total. The van der Waals surface area contributed by atoms with Crippen LogP contribution in [0.15, 0.2) is 48.5 Å². The molecule has 21 heavy (non-hydrogen) atoms. The predicted octanol–water partition coefficient (Wildman–Crippen LogP) is 4.19. The normalized spacial score (nSPS) is 20.9. The highest BCUT2D eigenvalue weighted by Crippen LogP contribution is 2.37. The Morgan fingerprint density at radius 3 is 2.48 bits per heavy atom. The van der Waals surface area contributed by atoms with Crippen molar-refractivity contribution in [1.82, 2.24) is 0 Å². The summed E-state index contributed by atoms with van der Waals surface area (Å²) in [4.78, 5) is 14.9. The van der Waals surface area contributed by atoms with Gasteiger partial charge in [0.05, 0.1) is 5.56 Å². The fraction of sp³-hybridized carbons (Fsp3) is 0.278. The van der Waals surface area contributed by atoms with E-state index in [1.54, 1.807) is 0 Å². The first-order chi connectivity index (χ1) is 10.1. The summed E-state index contributed by atoms with van der Waals surface area (Å²) in [5.41, 5.74) is 3.29. The lowest BCUT2D eigenvalue weighted by atomic mass is 9.96. The third-order valence-electron chi connectivity index (χ3n) is 4.30. The minimum absolute atomic E-state index is 0.0583. The number of aryl methyl sites for hydroxylation is 1. The van der Waals surface area contributed by atoms with E-state index in [0.717, 1.165) is 28.9 Å². The van der Waals surface area contributed by atoms with Crippen molar-refractivity contribution in [2.75, 3.05) is 10.2 Å². The summed E-state index contributed by atoms with van der Waals surface area (Å²) in [6.07, 6.45) is 0.821. The number of hydrogen-bond donors (Lipinski definition) is 1. The molecule has 1 aliphatic rings. The van der Waals surface area contributed by atoms with Crippen molar-refractivity contribution in [2.24, 2.45) is 0 Å². The number of amides is 1. The smallest absolute Gasteiger partial charge is 0.262 e. The first-order valence-electron chi connectivity index (χ1n) is 7.34. The molecule has 1 heterocycles. The van der Waals surface area contributed by atoms with Gasteiger partial charge in [-0.2, -0.15) is 0 Å². The number of anilines is 2. The number of rotatable bonds is 2. The summed E-state index contributed by atoms with van der Waals surface area (Å²) < 4.78 is 0. The van der Waals surface area contributed by atoms with Crippen molar-refractivity contribution in [2.45, 2.75) is 32.9 Å². The minimum atomic E-state index is -0.419. The van der Waals surface area contributed by atoms with E-state index in [-0.39, 0.29) is 5.91 Å². The Morgan fingerprint density at radius 1 is 1.10 bits per heavy atom. The first-order valence-corrected chi connectivity index (χ1v) is 7.34. The minimum Gasteiger partial charge on any atom is -0.362 e. The molecule has 1 N–H and O–H groups in total. The van der Waals surface area contributed by atoms with E-state index in [1.807, 2.05) is 60.4 Å². The van der Waals surface area contributed by atoms with Gasteiger partial charge in [0, 0.05) is 11.4 Å². The monoisotopic (exact) mass is 280 g/mol. The molecule has 1 atom stereocenters. The second-order valence-corrected chi connectivity index (χ2v) is 5.73. The Morgan fingerprint density at radius 2 is 1.76 bits per heavy atom. The number of nitrogens with one attached hydrogen (secondary N) is 1. The molecule has 2 aromatic carbocycles. The zero-order valence-corrected chi connectivity index (χ0v) is 12.7. The van der Waals surface area contributed by atoms with Crippen LogP contribution >= 0.6 is 0 Å². The lowest BCUT2D eigenvalue weighted by molar-refractivity contribution is 0.0956. The van der Waals surface area contributed by atoms with Crippen molar-refractivity contribution in [3.05, 3.63) is 59.7 Å². The molecule has 0 saturated heterocycles. The number of nitrogens with zero attached hydrogens (tertiary/aromatic N) is 1. The van der Waals surface area contributed by atoms with Crippen molar-refractivity contribution in [1.29, 1.82) is 0 Å². The SMILES string of the molecule is CCC1(C)Nc2ccccc2C(=O)N1c1ccccc1C. The van der Waals surface area contributed by atoms with Crippen molar-refractivity contribution < 1.29 is 4.79 Å². The first kappa shape index (κ1) is 13.7. The van der Waals surface area contributed by atoms with Crippen LogP contribution in [0.3, 0.4) is 0 Å². The van der Waals surface area contributed by atoms with Gasteiger partial charge in [0.1, 0.15) is 5.66 Å². The zero-order chi connectivity index (χ0) is 15.0. The molecule has 1 amide bonds. The molecule has 0 saturated carbocycles. The van der Waals surface area contributed by atoms with Gasteiger partial charge in [0.2, 0.25) is 0 Å². The summed E-state index contributed by atoms with van der Waals surface area (Å²) in [7, 11) is 0. The fourth-order valence-electron chi connectivity index (χ4n) is 2.91. The lowest BCUT2D eigenvalue weighted by Gasteiger charge is -2.46. The molecule has 3 heteroatoms. The van der Waals surface area contributed by atoms with Crippen LogP contribution in [-0.4, -0.2) is 11.6 Å². The van der Waals surface area contributed by atoms with Gasteiger partial charge in [-0.3, -0.25) is 9.69 Å². The van der Waals surface area contributed by atoms with E-state index < -0.39 is 5.66 Å². The highest BCUT2D eigenvalue weighted by atomic mass is 16.2. The van der Waals surface area contributed by atoms with Crippen LogP contribution in [0.5, 0.6) is 0 Å². The lowest BCUT2D eigenvalue weighted by Crippen LogP contribution is -2.58. The van der Waals surface area contributed by atoms with E-state index in [0.29, 0.717) is 0 Å².